The minimum atomic E-state index is -0.182. The first kappa shape index (κ1) is 20.3. The van der Waals surface area contributed by atoms with E-state index in [9.17, 15) is 0 Å². The van der Waals surface area contributed by atoms with Gasteiger partial charge < -0.3 is 4.74 Å². The van der Waals surface area contributed by atoms with E-state index in [1.165, 1.54) is 0 Å². The molecule has 3 aromatic carbocycles. The van der Waals surface area contributed by atoms with Crippen molar-refractivity contribution in [3.63, 3.8) is 0 Å². The van der Waals surface area contributed by atoms with Crippen LogP contribution in [-0.2, 0) is 12.8 Å². The van der Waals surface area contributed by atoms with Crippen LogP contribution in [0.15, 0.2) is 85.6 Å². The summed E-state index contributed by atoms with van der Waals surface area (Å²) in [5.74, 6) is 0.501. The van der Waals surface area contributed by atoms with Gasteiger partial charge in [-0.15, -0.1) is 0 Å². The third-order valence-corrected chi connectivity index (χ3v) is 5.20. The standard InChI is InChI=1S/C27H21FN2O/c1-2-15-31-24-12-14-26(30-18-24)23-11-13-25-22(16-23)10-9-21(27(25)28)8-7-19-3-5-20(17-29)6-4-19/h2-6,9-14,16,18H,1,7-8,15H2. The van der Waals surface area contributed by atoms with Crippen LogP contribution < -0.4 is 4.74 Å². The largest absolute Gasteiger partial charge is 0.488 e. The molecule has 0 spiro atoms. The minimum Gasteiger partial charge on any atom is -0.488 e. The molecule has 0 saturated heterocycles. The number of fused-ring (bicyclic) bond motifs is 1. The summed E-state index contributed by atoms with van der Waals surface area (Å²) < 4.78 is 20.6. The molecule has 0 fully saturated rings. The third kappa shape index (κ3) is 4.62. The van der Waals surface area contributed by atoms with Crippen molar-refractivity contribution in [3.05, 3.63) is 108 Å². The molecule has 31 heavy (non-hydrogen) atoms. The number of benzene rings is 3. The highest BCUT2D eigenvalue weighted by Gasteiger charge is 2.10. The summed E-state index contributed by atoms with van der Waals surface area (Å²) >= 11 is 0. The molecule has 0 unspecified atom stereocenters. The van der Waals surface area contributed by atoms with Gasteiger partial charge in [-0.3, -0.25) is 4.98 Å². The number of pyridine rings is 1. The molecule has 0 N–H and O–H groups in total. The topological polar surface area (TPSA) is 45.9 Å². The summed E-state index contributed by atoms with van der Waals surface area (Å²) in [5.41, 5.74) is 4.13. The van der Waals surface area contributed by atoms with E-state index in [1.54, 1.807) is 24.4 Å². The maximum Gasteiger partial charge on any atom is 0.138 e. The molecule has 0 amide bonds. The molecule has 0 bridgehead atoms. The van der Waals surface area contributed by atoms with E-state index in [2.05, 4.69) is 17.6 Å². The summed E-state index contributed by atoms with van der Waals surface area (Å²) in [6.07, 6.45) is 4.68. The summed E-state index contributed by atoms with van der Waals surface area (Å²) in [7, 11) is 0. The SMILES string of the molecule is C=CCOc1ccc(-c2ccc3c(F)c(CCc4ccc(C#N)cc4)ccc3c2)nc1. The van der Waals surface area contributed by atoms with Crippen LogP contribution in [0.25, 0.3) is 22.0 Å². The molecule has 0 aliphatic carbocycles. The first-order valence-electron chi connectivity index (χ1n) is 10.1. The van der Waals surface area contributed by atoms with Crippen LogP contribution in [0.3, 0.4) is 0 Å². The van der Waals surface area contributed by atoms with E-state index < -0.39 is 0 Å². The van der Waals surface area contributed by atoms with Gasteiger partial charge in [0.15, 0.2) is 0 Å². The Labute approximate surface area is 181 Å². The van der Waals surface area contributed by atoms with Crippen LogP contribution in [0.4, 0.5) is 4.39 Å². The van der Waals surface area contributed by atoms with E-state index in [0.717, 1.165) is 28.6 Å². The Morgan fingerprint density at radius 2 is 1.84 bits per heavy atom. The number of rotatable bonds is 7. The number of aryl methyl sites for hydroxylation is 2. The zero-order chi connectivity index (χ0) is 21.6. The predicted octanol–water partition coefficient (Wildman–Crippen LogP) is 6.26. The van der Waals surface area contributed by atoms with Crippen molar-refractivity contribution in [1.82, 2.24) is 4.98 Å². The third-order valence-electron chi connectivity index (χ3n) is 5.20. The smallest absolute Gasteiger partial charge is 0.138 e. The lowest BCUT2D eigenvalue weighted by atomic mass is 9.98. The van der Waals surface area contributed by atoms with Gasteiger partial charge in [0.25, 0.3) is 0 Å². The number of nitriles is 1. The number of halogens is 1. The fourth-order valence-corrected chi connectivity index (χ4v) is 3.51. The molecule has 0 atom stereocenters. The predicted molar refractivity (Wildman–Crippen MR) is 121 cm³/mol. The molecule has 3 nitrogen and oxygen atoms in total. The summed E-state index contributed by atoms with van der Waals surface area (Å²) in [4.78, 5) is 4.45. The van der Waals surface area contributed by atoms with Gasteiger partial charge in [0.1, 0.15) is 18.2 Å². The van der Waals surface area contributed by atoms with Gasteiger partial charge in [-0.1, -0.05) is 49.1 Å². The first-order chi connectivity index (χ1) is 15.2. The van der Waals surface area contributed by atoms with Gasteiger partial charge in [0, 0.05) is 10.9 Å². The Bertz CT molecular complexity index is 1260. The molecule has 0 radical (unpaired) electrons. The Morgan fingerprint density at radius 1 is 1.00 bits per heavy atom. The van der Waals surface area contributed by atoms with Crippen LogP contribution in [0, 0.1) is 17.1 Å². The molecule has 1 aromatic heterocycles. The Balaban J connectivity index is 1.53. The van der Waals surface area contributed by atoms with Gasteiger partial charge in [-0.2, -0.15) is 5.26 Å². The lowest BCUT2D eigenvalue weighted by Crippen LogP contribution is -1.96. The molecular formula is C27H21FN2O. The number of ether oxygens (including phenoxy) is 1. The van der Waals surface area contributed by atoms with Gasteiger partial charge in [-0.05, 0) is 59.7 Å². The average molecular weight is 408 g/mol. The van der Waals surface area contributed by atoms with Crippen molar-refractivity contribution in [2.45, 2.75) is 12.8 Å². The highest BCUT2D eigenvalue weighted by atomic mass is 19.1. The highest BCUT2D eigenvalue weighted by molar-refractivity contribution is 5.88. The van der Waals surface area contributed by atoms with E-state index in [1.807, 2.05) is 54.6 Å². The van der Waals surface area contributed by atoms with Crippen LogP contribution in [0.2, 0.25) is 0 Å². The van der Waals surface area contributed by atoms with Crippen molar-refractivity contribution in [1.29, 1.82) is 5.26 Å². The van der Waals surface area contributed by atoms with E-state index in [-0.39, 0.29) is 5.82 Å². The highest BCUT2D eigenvalue weighted by Crippen LogP contribution is 2.28. The normalized spacial score (nSPS) is 10.6. The van der Waals surface area contributed by atoms with Crippen LogP contribution in [0.1, 0.15) is 16.7 Å². The second-order valence-corrected chi connectivity index (χ2v) is 7.26. The van der Waals surface area contributed by atoms with E-state index in [0.29, 0.717) is 35.3 Å². The second-order valence-electron chi connectivity index (χ2n) is 7.26. The van der Waals surface area contributed by atoms with Gasteiger partial charge >= 0.3 is 0 Å². The van der Waals surface area contributed by atoms with Crippen LogP contribution in [-0.4, -0.2) is 11.6 Å². The van der Waals surface area contributed by atoms with E-state index >= 15 is 4.39 Å². The number of hydrogen-bond donors (Lipinski definition) is 0. The molecule has 0 saturated carbocycles. The summed E-state index contributed by atoms with van der Waals surface area (Å²) in [6, 6.07) is 22.8. The van der Waals surface area contributed by atoms with Crippen molar-refractivity contribution >= 4 is 10.8 Å². The molecule has 1 heterocycles. The first-order valence-corrected chi connectivity index (χ1v) is 10.1. The molecule has 152 valence electrons. The molecule has 4 rings (SSSR count). The lowest BCUT2D eigenvalue weighted by Gasteiger charge is -2.09. The van der Waals surface area contributed by atoms with Crippen LogP contribution in [0.5, 0.6) is 5.75 Å². The van der Waals surface area contributed by atoms with Crippen molar-refractivity contribution in [3.8, 4) is 23.1 Å². The fourth-order valence-electron chi connectivity index (χ4n) is 3.51. The molecule has 4 aromatic rings. The van der Waals surface area contributed by atoms with Gasteiger partial charge in [0.05, 0.1) is 23.5 Å². The molecular weight excluding hydrogens is 387 g/mol. The van der Waals surface area contributed by atoms with Crippen molar-refractivity contribution in [2.24, 2.45) is 0 Å². The Morgan fingerprint density at radius 3 is 2.55 bits per heavy atom. The van der Waals surface area contributed by atoms with Crippen molar-refractivity contribution in [2.75, 3.05) is 6.61 Å². The van der Waals surface area contributed by atoms with Gasteiger partial charge in [0.2, 0.25) is 0 Å². The molecule has 4 heteroatoms. The summed E-state index contributed by atoms with van der Waals surface area (Å²) in [5, 5.41) is 10.3. The average Bonchev–Trinajstić information content (AvgIpc) is 2.83. The maximum atomic E-state index is 15.1. The zero-order valence-corrected chi connectivity index (χ0v) is 17.0. The van der Waals surface area contributed by atoms with E-state index in [4.69, 9.17) is 10.00 Å². The number of nitrogens with zero attached hydrogens (tertiary/aromatic N) is 2. The summed E-state index contributed by atoms with van der Waals surface area (Å²) in [6.45, 7) is 4.06. The fraction of sp³-hybridized carbons (Fsp3) is 0.111. The second kappa shape index (κ2) is 9.23. The minimum absolute atomic E-state index is 0.182. The lowest BCUT2D eigenvalue weighted by molar-refractivity contribution is 0.362. The van der Waals surface area contributed by atoms with Crippen molar-refractivity contribution < 1.29 is 9.13 Å². The number of aromatic nitrogens is 1. The number of hydrogen-bond acceptors (Lipinski definition) is 3. The van der Waals surface area contributed by atoms with Gasteiger partial charge in [-0.25, -0.2) is 4.39 Å². The monoisotopic (exact) mass is 408 g/mol. The molecule has 0 aliphatic rings. The quantitative estimate of drug-likeness (QED) is 0.339. The Kier molecular flexibility index (Phi) is 6.05. The Hall–Kier alpha value is -3.97. The maximum absolute atomic E-state index is 15.1. The zero-order valence-electron chi connectivity index (χ0n) is 17.0. The molecule has 0 aliphatic heterocycles. The van der Waals surface area contributed by atoms with Crippen LogP contribution >= 0.6 is 0 Å².